The number of hydrogen-bond acceptors (Lipinski definition) is 5. The Morgan fingerprint density at radius 1 is 1.09 bits per heavy atom. The molecular weight excluding hydrogens is 316 g/mol. The summed E-state index contributed by atoms with van der Waals surface area (Å²) in [4.78, 5) is 4.09. The molecule has 2 aromatic rings. The van der Waals surface area contributed by atoms with Crippen molar-refractivity contribution in [1.82, 2.24) is 9.29 Å². The van der Waals surface area contributed by atoms with Crippen molar-refractivity contribution in [3.8, 4) is 5.75 Å². The summed E-state index contributed by atoms with van der Waals surface area (Å²) >= 11 is 0. The molecule has 0 unspecified atom stereocenters. The zero-order chi connectivity index (χ0) is 16.9. The Bertz CT molecular complexity index is 728. The summed E-state index contributed by atoms with van der Waals surface area (Å²) in [6.45, 7) is 2.56. The molecule has 0 fully saturated rings. The molecule has 1 heterocycles. The van der Waals surface area contributed by atoms with E-state index in [2.05, 4.69) is 15.0 Å². The highest BCUT2D eigenvalue weighted by Crippen LogP contribution is 2.20. The Kier molecular flexibility index (Phi) is 5.41. The number of benzene rings is 1. The van der Waals surface area contributed by atoms with Crippen LogP contribution < -0.4 is 14.8 Å². The smallest absolute Gasteiger partial charge is 0.302 e. The van der Waals surface area contributed by atoms with Crippen LogP contribution in [0, 0.1) is 0 Å². The predicted molar refractivity (Wildman–Crippen MR) is 91.4 cm³/mol. The largest absolute Gasteiger partial charge is 0.494 e. The van der Waals surface area contributed by atoms with Gasteiger partial charge in [-0.3, -0.25) is 4.72 Å². The zero-order valence-electron chi connectivity index (χ0n) is 13.3. The molecule has 23 heavy (non-hydrogen) atoms. The molecule has 8 heteroatoms. The maximum Gasteiger partial charge on any atom is 0.302 e. The van der Waals surface area contributed by atoms with Gasteiger partial charge in [0.1, 0.15) is 11.6 Å². The normalized spacial score (nSPS) is 11.3. The van der Waals surface area contributed by atoms with Crippen LogP contribution in [0.2, 0.25) is 0 Å². The SMILES string of the molecule is CCOc1ccc(Nc2ccc(NS(=O)(=O)N(C)C)nc2)cc1. The van der Waals surface area contributed by atoms with E-state index in [1.54, 1.807) is 18.3 Å². The summed E-state index contributed by atoms with van der Waals surface area (Å²) in [5.41, 5.74) is 1.64. The number of aromatic nitrogens is 1. The van der Waals surface area contributed by atoms with Crippen molar-refractivity contribution >= 4 is 27.4 Å². The van der Waals surface area contributed by atoms with Gasteiger partial charge in [0, 0.05) is 19.8 Å². The molecule has 124 valence electrons. The molecule has 1 aromatic heterocycles. The van der Waals surface area contributed by atoms with Gasteiger partial charge < -0.3 is 10.1 Å². The van der Waals surface area contributed by atoms with Crippen molar-refractivity contribution in [2.75, 3.05) is 30.7 Å². The summed E-state index contributed by atoms with van der Waals surface area (Å²) in [6, 6.07) is 10.9. The molecule has 0 bridgehead atoms. The van der Waals surface area contributed by atoms with Gasteiger partial charge in [-0.2, -0.15) is 12.7 Å². The highest BCUT2D eigenvalue weighted by Gasteiger charge is 2.13. The molecule has 0 radical (unpaired) electrons. The van der Waals surface area contributed by atoms with Crippen LogP contribution in [0.3, 0.4) is 0 Å². The lowest BCUT2D eigenvalue weighted by Gasteiger charge is -2.13. The van der Waals surface area contributed by atoms with Crippen molar-refractivity contribution < 1.29 is 13.2 Å². The van der Waals surface area contributed by atoms with Crippen molar-refractivity contribution in [2.24, 2.45) is 0 Å². The van der Waals surface area contributed by atoms with Crippen LogP contribution in [0.15, 0.2) is 42.6 Å². The minimum absolute atomic E-state index is 0.260. The Balaban J connectivity index is 2.02. The number of nitrogens with zero attached hydrogens (tertiary/aromatic N) is 2. The molecule has 2 N–H and O–H groups in total. The predicted octanol–water partition coefficient (Wildman–Crippen LogP) is 2.44. The summed E-state index contributed by atoms with van der Waals surface area (Å²) in [6.07, 6.45) is 1.56. The van der Waals surface area contributed by atoms with Crippen molar-refractivity contribution in [3.63, 3.8) is 0 Å². The average molecular weight is 336 g/mol. The summed E-state index contributed by atoms with van der Waals surface area (Å²) < 4.78 is 32.3. The maximum absolute atomic E-state index is 11.7. The summed E-state index contributed by atoms with van der Waals surface area (Å²) in [7, 11) is -0.650. The molecular formula is C15H20N4O3S. The van der Waals surface area contributed by atoms with E-state index in [-0.39, 0.29) is 5.82 Å². The maximum atomic E-state index is 11.7. The lowest BCUT2D eigenvalue weighted by atomic mass is 10.3. The molecule has 7 nitrogen and oxygen atoms in total. The van der Waals surface area contributed by atoms with E-state index in [0.717, 1.165) is 21.4 Å². The molecule has 0 aliphatic rings. The Hall–Kier alpha value is -2.32. The first-order valence-electron chi connectivity index (χ1n) is 7.07. The first-order valence-corrected chi connectivity index (χ1v) is 8.51. The van der Waals surface area contributed by atoms with Crippen LogP contribution in [0.4, 0.5) is 17.2 Å². The van der Waals surface area contributed by atoms with E-state index in [1.165, 1.54) is 14.1 Å². The number of ether oxygens (including phenoxy) is 1. The van der Waals surface area contributed by atoms with Gasteiger partial charge in [-0.25, -0.2) is 4.98 Å². The fourth-order valence-corrected chi connectivity index (χ4v) is 2.29. The standard InChI is InChI=1S/C15H20N4O3S/c1-4-22-14-8-5-12(6-9-14)17-13-7-10-15(16-11-13)18-23(20,21)19(2)3/h5-11,17H,4H2,1-3H3,(H,16,18). The second kappa shape index (κ2) is 7.30. The number of pyridine rings is 1. The second-order valence-electron chi connectivity index (χ2n) is 4.90. The van der Waals surface area contributed by atoms with E-state index in [0.29, 0.717) is 6.61 Å². The second-order valence-corrected chi connectivity index (χ2v) is 6.79. The van der Waals surface area contributed by atoms with Crippen LogP contribution in [-0.2, 0) is 10.2 Å². The van der Waals surface area contributed by atoms with Crippen molar-refractivity contribution in [1.29, 1.82) is 0 Å². The van der Waals surface area contributed by atoms with Gasteiger partial charge in [0.25, 0.3) is 0 Å². The highest BCUT2D eigenvalue weighted by atomic mass is 32.2. The van der Waals surface area contributed by atoms with Gasteiger partial charge in [0.15, 0.2) is 0 Å². The molecule has 0 amide bonds. The van der Waals surface area contributed by atoms with Crippen LogP contribution in [0.25, 0.3) is 0 Å². The van der Waals surface area contributed by atoms with Gasteiger partial charge in [0.05, 0.1) is 18.5 Å². The molecule has 0 aliphatic carbocycles. The van der Waals surface area contributed by atoms with Crippen LogP contribution in [0.5, 0.6) is 5.75 Å². The van der Waals surface area contributed by atoms with Crippen LogP contribution in [-0.4, -0.2) is 38.4 Å². The molecule has 1 aromatic carbocycles. The summed E-state index contributed by atoms with van der Waals surface area (Å²) in [5, 5.41) is 3.18. The Morgan fingerprint density at radius 3 is 2.26 bits per heavy atom. The number of hydrogen-bond donors (Lipinski definition) is 2. The Morgan fingerprint density at radius 2 is 1.74 bits per heavy atom. The number of rotatable bonds is 7. The van der Waals surface area contributed by atoms with E-state index < -0.39 is 10.2 Å². The topological polar surface area (TPSA) is 83.6 Å². The van der Waals surface area contributed by atoms with E-state index >= 15 is 0 Å². The van der Waals surface area contributed by atoms with Gasteiger partial charge in [-0.05, 0) is 43.3 Å². The molecule has 2 rings (SSSR count). The molecule has 0 spiro atoms. The average Bonchev–Trinajstić information content (AvgIpc) is 2.51. The first kappa shape index (κ1) is 17.0. The van der Waals surface area contributed by atoms with Gasteiger partial charge in [-0.15, -0.1) is 0 Å². The van der Waals surface area contributed by atoms with Crippen LogP contribution >= 0.6 is 0 Å². The fraction of sp³-hybridized carbons (Fsp3) is 0.267. The number of anilines is 3. The van der Waals surface area contributed by atoms with Crippen molar-refractivity contribution in [2.45, 2.75) is 6.92 Å². The van der Waals surface area contributed by atoms with E-state index in [4.69, 9.17) is 4.74 Å². The highest BCUT2D eigenvalue weighted by molar-refractivity contribution is 7.90. The van der Waals surface area contributed by atoms with Gasteiger partial charge >= 0.3 is 10.2 Å². The molecule has 0 aliphatic heterocycles. The van der Waals surface area contributed by atoms with Crippen molar-refractivity contribution in [3.05, 3.63) is 42.6 Å². The zero-order valence-corrected chi connectivity index (χ0v) is 14.1. The third-order valence-corrected chi connectivity index (χ3v) is 4.36. The van der Waals surface area contributed by atoms with Crippen LogP contribution in [0.1, 0.15) is 6.92 Å². The molecule has 0 atom stereocenters. The Labute approximate surface area is 136 Å². The van der Waals surface area contributed by atoms with Gasteiger partial charge in [0.2, 0.25) is 0 Å². The number of nitrogens with one attached hydrogen (secondary N) is 2. The van der Waals surface area contributed by atoms with E-state index in [1.807, 2.05) is 31.2 Å². The molecule has 0 saturated carbocycles. The third kappa shape index (κ3) is 4.83. The van der Waals surface area contributed by atoms with Gasteiger partial charge in [-0.1, -0.05) is 0 Å². The lowest BCUT2D eigenvalue weighted by Crippen LogP contribution is -2.29. The quantitative estimate of drug-likeness (QED) is 0.811. The lowest BCUT2D eigenvalue weighted by molar-refractivity contribution is 0.340. The minimum Gasteiger partial charge on any atom is -0.494 e. The minimum atomic E-state index is -3.55. The summed E-state index contributed by atoms with van der Waals surface area (Å²) in [5.74, 6) is 1.07. The first-order chi connectivity index (χ1) is 10.9. The van der Waals surface area contributed by atoms with E-state index in [9.17, 15) is 8.42 Å². The monoisotopic (exact) mass is 336 g/mol. The fourth-order valence-electron chi connectivity index (χ4n) is 1.72. The third-order valence-electron chi connectivity index (χ3n) is 2.93. The molecule has 0 saturated heterocycles.